The summed E-state index contributed by atoms with van der Waals surface area (Å²) < 4.78 is 0. The summed E-state index contributed by atoms with van der Waals surface area (Å²) in [4.78, 5) is 0. The zero-order valence-electron chi connectivity index (χ0n) is 12.1. The van der Waals surface area contributed by atoms with Gasteiger partial charge in [-0.05, 0) is 50.0 Å². The predicted octanol–water partition coefficient (Wildman–Crippen LogP) is 4.70. The first kappa shape index (κ1) is 13.2. The lowest BCUT2D eigenvalue weighted by Gasteiger charge is -2.32. The molecular formula is C18H27N. The molecule has 0 aliphatic heterocycles. The molecule has 3 rings (SSSR count). The molecule has 0 heterocycles. The molecule has 1 aromatic carbocycles. The second-order valence-electron chi connectivity index (χ2n) is 6.58. The number of hydrogen-bond donors (Lipinski definition) is 1. The van der Waals surface area contributed by atoms with Crippen molar-refractivity contribution in [1.82, 2.24) is 5.32 Å². The van der Waals surface area contributed by atoms with Crippen LogP contribution in [0.4, 0.5) is 0 Å². The van der Waals surface area contributed by atoms with Crippen molar-refractivity contribution < 1.29 is 0 Å². The Bertz CT molecular complexity index is 376. The number of hydrogen-bond acceptors (Lipinski definition) is 1. The maximum atomic E-state index is 3.96. The van der Waals surface area contributed by atoms with Crippen LogP contribution in [-0.4, -0.2) is 6.04 Å². The van der Waals surface area contributed by atoms with E-state index in [2.05, 4.69) is 42.6 Å². The summed E-state index contributed by atoms with van der Waals surface area (Å²) in [5, 5.41) is 3.96. The highest BCUT2D eigenvalue weighted by molar-refractivity contribution is 5.21. The van der Waals surface area contributed by atoms with E-state index in [-0.39, 0.29) is 0 Å². The summed E-state index contributed by atoms with van der Waals surface area (Å²) in [6.45, 7) is 2.41. The summed E-state index contributed by atoms with van der Waals surface area (Å²) in [6, 6.07) is 12.3. The minimum atomic E-state index is 0.595. The van der Waals surface area contributed by atoms with Gasteiger partial charge in [0.15, 0.2) is 0 Å². The first-order valence-corrected chi connectivity index (χ1v) is 8.15. The van der Waals surface area contributed by atoms with E-state index in [1.807, 2.05) is 0 Å². The van der Waals surface area contributed by atoms with Crippen LogP contribution in [0, 0.1) is 11.8 Å². The molecule has 0 spiro atoms. The molecule has 19 heavy (non-hydrogen) atoms. The lowest BCUT2D eigenvalue weighted by Crippen LogP contribution is -2.38. The van der Waals surface area contributed by atoms with Crippen molar-refractivity contribution in [2.45, 2.75) is 64.0 Å². The van der Waals surface area contributed by atoms with Gasteiger partial charge in [-0.1, -0.05) is 49.6 Å². The second kappa shape index (κ2) is 6.09. The van der Waals surface area contributed by atoms with Crippen LogP contribution in [0.15, 0.2) is 30.3 Å². The molecule has 1 N–H and O–H groups in total. The van der Waals surface area contributed by atoms with Crippen LogP contribution in [0.1, 0.15) is 63.5 Å². The van der Waals surface area contributed by atoms with E-state index in [0.717, 1.165) is 11.8 Å². The molecule has 0 radical (unpaired) electrons. The van der Waals surface area contributed by atoms with Gasteiger partial charge in [0.1, 0.15) is 0 Å². The predicted molar refractivity (Wildman–Crippen MR) is 81.1 cm³/mol. The molecule has 0 saturated heterocycles. The van der Waals surface area contributed by atoms with E-state index < -0.39 is 0 Å². The normalized spacial score (nSPS) is 24.1. The second-order valence-corrected chi connectivity index (χ2v) is 6.58. The van der Waals surface area contributed by atoms with Crippen LogP contribution >= 0.6 is 0 Å². The van der Waals surface area contributed by atoms with Crippen LogP contribution in [0.2, 0.25) is 0 Å². The fourth-order valence-corrected chi connectivity index (χ4v) is 3.65. The van der Waals surface area contributed by atoms with E-state index in [0.29, 0.717) is 12.1 Å². The number of nitrogens with one attached hydrogen (secondary N) is 1. The molecule has 2 saturated carbocycles. The highest BCUT2D eigenvalue weighted by Crippen LogP contribution is 2.42. The van der Waals surface area contributed by atoms with E-state index in [1.165, 1.54) is 50.5 Å². The molecule has 1 nitrogen and oxygen atoms in total. The quantitative estimate of drug-likeness (QED) is 0.806. The largest absolute Gasteiger partial charge is 0.307 e. The average molecular weight is 257 g/mol. The fourth-order valence-electron chi connectivity index (χ4n) is 3.65. The van der Waals surface area contributed by atoms with Gasteiger partial charge in [-0.2, -0.15) is 0 Å². The van der Waals surface area contributed by atoms with Gasteiger partial charge in [-0.15, -0.1) is 0 Å². The highest BCUT2D eigenvalue weighted by Gasteiger charge is 2.34. The van der Waals surface area contributed by atoms with E-state index in [1.54, 1.807) is 0 Å². The van der Waals surface area contributed by atoms with Crippen molar-refractivity contribution in [3.63, 3.8) is 0 Å². The molecular weight excluding hydrogens is 230 g/mol. The Labute approximate surface area is 117 Å². The minimum Gasteiger partial charge on any atom is -0.307 e. The zero-order valence-corrected chi connectivity index (χ0v) is 12.1. The summed E-state index contributed by atoms with van der Waals surface area (Å²) >= 11 is 0. The van der Waals surface area contributed by atoms with E-state index in [4.69, 9.17) is 0 Å². The first-order valence-electron chi connectivity index (χ1n) is 8.15. The van der Waals surface area contributed by atoms with Gasteiger partial charge in [0.25, 0.3) is 0 Å². The Morgan fingerprint density at radius 2 is 1.58 bits per heavy atom. The Balaban J connectivity index is 1.64. The Kier molecular flexibility index (Phi) is 4.22. The van der Waals surface area contributed by atoms with E-state index in [9.17, 15) is 0 Å². The van der Waals surface area contributed by atoms with Crippen LogP contribution in [0.3, 0.4) is 0 Å². The number of rotatable bonds is 5. The molecule has 0 aromatic heterocycles. The van der Waals surface area contributed by atoms with Crippen LogP contribution < -0.4 is 5.32 Å². The smallest absolute Gasteiger partial charge is 0.0351 e. The standard InChI is InChI=1S/C18H27N/c1-14(15-8-4-2-5-9-15)19-18(17-12-13-17)16-10-6-3-7-11-16/h3,6-7,10-11,14-15,17-19H,2,4-5,8-9,12-13H2,1H3. The summed E-state index contributed by atoms with van der Waals surface area (Å²) in [5.74, 6) is 1.78. The molecule has 2 unspecified atom stereocenters. The van der Waals surface area contributed by atoms with Gasteiger partial charge in [-0.3, -0.25) is 0 Å². The highest BCUT2D eigenvalue weighted by atomic mass is 15.0. The molecule has 2 fully saturated rings. The van der Waals surface area contributed by atoms with E-state index >= 15 is 0 Å². The third-order valence-corrected chi connectivity index (χ3v) is 5.05. The van der Waals surface area contributed by atoms with Crippen molar-refractivity contribution in [2.24, 2.45) is 11.8 Å². The maximum absolute atomic E-state index is 3.96. The monoisotopic (exact) mass is 257 g/mol. The van der Waals surface area contributed by atoms with Gasteiger partial charge in [0.05, 0.1) is 0 Å². The molecule has 104 valence electrons. The lowest BCUT2D eigenvalue weighted by atomic mass is 9.84. The van der Waals surface area contributed by atoms with Crippen LogP contribution in [0.25, 0.3) is 0 Å². The van der Waals surface area contributed by atoms with Crippen LogP contribution in [-0.2, 0) is 0 Å². The Morgan fingerprint density at radius 1 is 0.895 bits per heavy atom. The molecule has 1 aromatic rings. The SMILES string of the molecule is CC(NC(c1ccccc1)C1CC1)C1CCCCC1. The van der Waals surface area contributed by atoms with Crippen molar-refractivity contribution in [2.75, 3.05) is 0 Å². The van der Waals surface area contributed by atoms with Crippen molar-refractivity contribution in [1.29, 1.82) is 0 Å². The summed E-state index contributed by atoms with van der Waals surface area (Å²) in [7, 11) is 0. The van der Waals surface area contributed by atoms with Crippen molar-refractivity contribution >= 4 is 0 Å². The third kappa shape index (κ3) is 3.39. The van der Waals surface area contributed by atoms with Crippen molar-refractivity contribution in [3.05, 3.63) is 35.9 Å². The molecule has 2 atom stereocenters. The molecule has 2 aliphatic carbocycles. The minimum absolute atomic E-state index is 0.595. The Hall–Kier alpha value is -0.820. The molecule has 1 heteroatoms. The van der Waals surface area contributed by atoms with Gasteiger partial charge in [-0.25, -0.2) is 0 Å². The molecule has 0 bridgehead atoms. The third-order valence-electron chi connectivity index (χ3n) is 5.05. The fraction of sp³-hybridized carbons (Fsp3) is 0.667. The zero-order chi connectivity index (χ0) is 13.1. The number of benzene rings is 1. The Morgan fingerprint density at radius 3 is 2.21 bits per heavy atom. The van der Waals surface area contributed by atoms with Gasteiger partial charge >= 0.3 is 0 Å². The van der Waals surface area contributed by atoms with Gasteiger partial charge in [0.2, 0.25) is 0 Å². The van der Waals surface area contributed by atoms with Crippen molar-refractivity contribution in [3.8, 4) is 0 Å². The lowest BCUT2D eigenvalue weighted by molar-refractivity contribution is 0.257. The summed E-state index contributed by atoms with van der Waals surface area (Å²) in [5.41, 5.74) is 1.49. The summed E-state index contributed by atoms with van der Waals surface area (Å²) in [6.07, 6.45) is 10.0. The molecule has 2 aliphatic rings. The first-order chi connectivity index (χ1) is 9.34. The van der Waals surface area contributed by atoms with Crippen LogP contribution in [0.5, 0.6) is 0 Å². The average Bonchev–Trinajstić information content (AvgIpc) is 3.31. The van der Waals surface area contributed by atoms with Gasteiger partial charge in [0, 0.05) is 12.1 Å². The molecule has 0 amide bonds. The maximum Gasteiger partial charge on any atom is 0.0351 e. The van der Waals surface area contributed by atoms with Gasteiger partial charge < -0.3 is 5.32 Å². The topological polar surface area (TPSA) is 12.0 Å².